The molecule has 1 aliphatic rings. The summed E-state index contributed by atoms with van der Waals surface area (Å²) in [6, 6.07) is 13.5. The van der Waals surface area contributed by atoms with Crippen LogP contribution in [0.5, 0.6) is 5.75 Å². The monoisotopic (exact) mass is 345 g/mol. The molecule has 2 aromatic carbocycles. The number of ether oxygens (including phenoxy) is 1. The fourth-order valence-corrected chi connectivity index (χ4v) is 3.24. The summed E-state index contributed by atoms with van der Waals surface area (Å²) in [4.78, 5) is 6.80. The van der Waals surface area contributed by atoms with E-state index in [4.69, 9.17) is 10.00 Å². The largest absolute Gasteiger partial charge is 0.496 e. The number of hydrogen-bond acceptors (Lipinski definition) is 4. The van der Waals surface area contributed by atoms with Gasteiger partial charge in [-0.3, -0.25) is 4.99 Å². The van der Waals surface area contributed by atoms with Crippen molar-refractivity contribution in [1.82, 2.24) is 0 Å². The molecule has 0 saturated heterocycles. The van der Waals surface area contributed by atoms with Crippen molar-refractivity contribution in [3.63, 3.8) is 0 Å². The third-order valence-electron chi connectivity index (χ3n) is 4.92. The van der Waals surface area contributed by atoms with E-state index in [1.165, 1.54) is 11.1 Å². The van der Waals surface area contributed by atoms with E-state index in [1.54, 1.807) is 19.2 Å². The fourth-order valence-electron chi connectivity index (χ4n) is 3.24. The number of allylic oxidation sites excluding steroid dienone is 1. The van der Waals surface area contributed by atoms with Gasteiger partial charge in [0.05, 0.1) is 30.0 Å². The number of nitriles is 1. The predicted octanol–water partition coefficient (Wildman–Crippen LogP) is 4.95. The van der Waals surface area contributed by atoms with Gasteiger partial charge < -0.3 is 9.64 Å². The molecule has 0 spiro atoms. The highest BCUT2D eigenvalue weighted by molar-refractivity contribution is 5.91. The highest BCUT2D eigenvalue weighted by Gasteiger charge is 2.29. The van der Waals surface area contributed by atoms with Crippen LogP contribution in [0.2, 0.25) is 0 Å². The summed E-state index contributed by atoms with van der Waals surface area (Å²) >= 11 is 0. The van der Waals surface area contributed by atoms with E-state index in [1.807, 2.05) is 18.3 Å². The van der Waals surface area contributed by atoms with Gasteiger partial charge in [0.25, 0.3) is 0 Å². The molecule has 4 heteroatoms. The van der Waals surface area contributed by atoms with Gasteiger partial charge in [0.2, 0.25) is 0 Å². The summed E-state index contributed by atoms with van der Waals surface area (Å²) in [5.74, 6) is 0.790. The molecule has 0 N–H and O–H groups in total. The molecule has 26 heavy (non-hydrogen) atoms. The summed E-state index contributed by atoms with van der Waals surface area (Å²) < 4.78 is 5.61. The van der Waals surface area contributed by atoms with Gasteiger partial charge in [0, 0.05) is 36.1 Å². The lowest BCUT2D eigenvalue weighted by molar-refractivity contribution is 0.414. The zero-order chi connectivity index (χ0) is 18.9. The van der Waals surface area contributed by atoms with Gasteiger partial charge in [-0.05, 0) is 56.7 Å². The molecule has 0 aliphatic carbocycles. The summed E-state index contributed by atoms with van der Waals surface area (Å²) in [6.07, 6.45) is 4.09. The van der Waals surface area contributed by atoms with Crippen molar-refractivity contribution >= 4 is 23.2 Å². The first-order chi connectivity index (χ1) is 12.4. The minimum absolute atomic E-state index is 0.0415. The van der Waals surface area contributed by atoms with Gasteiger partial charge in [0.15, 0.2) is 0 Å². The Balaban J connectivity index is 2.02. The van der Waals surface area contributed by atoms with Crippen molar-refractivity contribution in [2.45, 2.75) is 26.3 Å². The van der Waals surface area contributed by atoms with Gasteiger partial charge in [-0.2, -0.15) is 5.26 Å². The fraction of sp³-hybridized carbons (Fsp3) is 0.273. The van der Waals surface area contributed by atoms with Crippen LogP contribution in [0.25, 0.3) is 5.57 Å². The smallest absolute Gasteiger partial charge is 0.129 e. The topological polar surface area (TPSA) is 48.6 Å². The van der Waals surface area contributed by atoms with E-state index < -0.39 is 0 Å². The first-order valence-corrected chi connectivity index (χ1v) is 8.55. The average Bonchev–Trinajstić information content (AvgIpc) is 2.64. The maximum Gasteiger partial charge on any atom is 0.129 e. The van der Waals surface area contributed by atoms with Crippen LogP contribution in [0.15, 0.2) is 47.5 Å². The second-order valence-corrected chi connectivity index (χ2v) is 7.07. The molecule has 3 rings (SSSR count). The van der Waals surface area contributed by atoms with E-state index in [-0.39, 0.29) is 5.54 Å². The zero-order valence-corrected chi connectivity index (χ0v) is 15.9. The Bertz CT molecular complexity index is 931. The summed E-state index contributed by atoms with van der Waals surface area (Å²) in [5, 5.41) is 8.89. The Kier molecular flexibility index (Phi) is 4.56. The minimum atomic E-state index is -0.0415. The van der Waals surface area contributed by atoms with Crippen molar-refractivity contribution in [3.8, 4) is 11.8 Å². The molecule has 0 aromatic heterocycles. The number of rotatable bonds is 3. The van der Waals surface area contributed by atoms with Crippen LogP contribution in [0, 0.1) is 11.3 Å². The van der Waals surface area contributed by atoms with Gasteiger partial charge in [0.1, 0.15) is 5.75 Å². The number of likely N-dealkylation sites (N-methyl/N-ethyl adjacent to an activating group) is 1. The lowest BCUT2D eigenvalue weighted by Gasteiger charge is -2.40. The Morgan fingerprint density at radius 1 is 1.19 bits per heavy atom. The number of anilines is 1. The quantitative estimate of drug-likeness (QED) is 0.740. The third kappa shape index (κ3) is 3.21. The molecule has 0 atom stereocenters. The average molecular weight is 345 g/mol. The molecule has 0 unspecified atom stereocenters. The number of fused-ring (bicyclic) bond motifs is 1. The van der Waals surface area contributed by atoms with Gasteiger partial charge in [-0.1, -0.05) is 6.08 Å². The summed E-state index contributed by atoms with van der Waals surface area (Å²) in [6.45, 7) is 6.54. The Morgan fingerprint density at radius 3 is 2.50 bits per heavy atom. The van der Waals surface area contributed by atoms with Crippen LogP contribution in [0.3, 0.4) is 0 Å². The molecule has 2 aromatic rings. The molecule has 0 fully saturated rings. The highest BCUT2D eigenvalue weighted by atomic mass is 16.5. The minimum Gasteiger partial charge on any atom is -0.496 e. The molecule has 0 amide bonds. The van der Waals surface area contributed by atoms with Crippen molar-refractivity contribution in [3.05, 3.63) is 59.2 Å². The predicted molar refractivity (Wildman–Crippen MR) is 108 cm³/mol. The molecule has 4 nitrogen and oxygen atoms in total. The Hall–Kier alpha value is -3.06. The molecule has 1 heterocycles. The Labute approximate surface area is 155 Å². The number of aliphatic imine (C=N–C) groups is 1. The van der Waals surface area contributed by atoms with Gasteiger partial charge >= 0.3 is 0 Å². The number of hydrogen-bond donors (Lipinski definition) is 0. The van der Waals surface area contributed by atoms with Crippen LogP contribution in [0.4, 0.5) is 11.4 Å². The van der Waals surface area contributed by atoms with E-state index >= 15 is 0 Å². The summed E-state index contributed by atoms with van der Waals surface area (Å²) in [5.41, 5.74) is 5.91. The van der Waals surface area contributed by atoms with Crippen LogP contribution < -0.4 is 9.64 Å². The lowest BCUT2D eigenvalue weighted by Crippen LogP contribution is -2.42. The molecule has 0 radical (unpaired) electrons. The zero-order valence-electron chi connectivity index (χ0n) is 15.9. The van der Waals surface area contributed by atoms with Gasteiger partial charge in [-0.15, -0.1) is 0 Å². The lowest BCUT2D eigenvalue weighted by atomic mass is 9.88. The van der Waals surface area contributed by atoms with E-state index in [0.717, 1.165) is 22.7 Å². The van der Waals surface area contributed by atoms with Gasteiger partial charge in [-0.25, -0.2) is 0 Å². The van der Waals surface area contributed by atoms with E-state index in [9.17, 15) is 0 Å². The van der Waals surface area contributed by atoms with Crippen molar-refractivity contribution in [1.29, 1.82) is 5.26 Å². The van der Waals surface area contributed by atoms with Crippen LogP contribution >= 0.6 is 0 Å². The highest BCUT2D eigenvalue weighted by Crippen LogP contribution is 2.40. The molecule has 0 saturated carbocycles. The normalized spacial score (nSPS) is 15.4. The maximum absolute atomic E-state index is 8.89. The van der Waals surface area contributed by atoms with Crippen molar-refractivity contribution < 1.29 is 4.74 Å². The third-order valence-corrected chi connectivity index (χ3v) is 4.92. The molecule has 0 bridgehead atoms. The van der Waals surface area contributed by atoms with Crippen molar-refractivity contribution in [2.24, 2.45) is 4.99 Å². The van der Waals surface area contributed by atoms with E-state index in [2.05, 4.69) is 62.0 Å². The second-order valence-electron chi connectivity index (χ2n) is 7.07. The standard InChI is InChI=1S/C22H23N3O/c1-15-12-22(2,3)25(4)20-11-21(26-5)17(10-19(15)20)14-24-18-8-6-16(13-23)7-9-18/h6-12,14H,1-5H3. The second kappa shape index (κ2) is 6.68. The first-order valence-electron chi connectivity index (χ1n) is 8.55. The molecular weight excluding hydrogens is 322 g/mol. The first kappa shape index (κ1) is 17.8. The van der Waals surface area contributed by atoms with Crippen LogP contribution in [0.1, 0.15) is 37.5 Å². The van der Waals surface area contributed by atoms with Crippen molar-refractivity contribution in [2.75, 3.05) is 19.1 Å². The van der Waals surface area contributed by atoms with E-state index in [0.29, 0.717) is 5.56 Å². The molecular formula is C22H23N3O. The molecule has 132 valence electrons. The molecule has 1 aliphatic heterocycles. The SMILES string of the molecule is COc1cc2c(cc1C=Nc1ccc(C#N)cc1)C(C)=CC(C)(C)N2C. The van der Waals surface area contributed by atoms with Crippen LogP contribution in [-0.2, 0) is 0 Å². The number of methoxy groups -OCH3 is 1. The number of nitrogens with zero attached hydrogens (tertiary/aromatic N) is 3. The van der Waals surface area contributed by atoms with Crippen LogP contribution in [-0.4, -0.2) is 25.9 Å². The maximum atomic E-state index is 8.89. The Morgan fingerprint density at radius 2 is 1.88 bits per heavy atom. The number of benzene rings is 2. The summed E-state index contributed by atoms with van der Waals surface area (Å²) in [7, 11) is 3.78.